The Labute approximate surface area is 120 Å². The molecule has 0 radical (unpaired) electrons. The van der Waals surface area contributed by atoms with Crippen molar-refractivity contribution in [3.8, 4) is 0 Å². The van der Waals surface area contributed by atoms with Gasteiger partial charge >= 0.3 is 0 Å². The van der Waals surface area contributed by atoms with Crippen molar-refractivity contribution in [2.75, 3.05) is 0 Å². The molecule has 0 unspecified atom stereocenters. The van der Waals surface area contributed by atoms with Crippen LogP contribution >= 0.6 is 11.6 Å². The van der Waals surface area contributed by atoms with Gasteiger partial charge in [-0.05, 0) is 24.6 Å². The van der Waals surface area contributed by atoms with Crippen molar-refractivity contribution < 1.29 is 9.59 Å². The molecule has 2 amide bonds. The second-order valence-electron chi connectivity index (χ2n) is 4.33. The number of carbonyl (C=O) groups is 2. The summed E-state index contributed by atoms with van der Waals surface area (Å²) >= 11 is 5.76. The number of halogens is 1. The first-order valence-corrected chi connectivity index (χ1v) is 6.35. The monoisotopic (exact) mass is 292 g/mol. The van der Waals surface area contributed by atoms with E-state index in [1.165, 1.54) is 6.21 Å². The minimum Gasteiger partial charge on any atom is -0.273 e. The summed E-state index contributed by atoms with van der Waals surface area (Å²) in [5, 5.41) is 8.23. The normalized spacial score (nSPS) is 18.0. The number of hydrazone groups is 2. The highest BCUT2D eigenvalue weighted by Crippen LogP contribution is 2.11. The third-order valence-electron chi connectivity index (χ3n) is 2.83. The highest BCUT2D eigenvalue weighted by molar-refractivity contribution is 6.30. The summed E-state index contributed by atoms with van der Waals surface area (Å²) in [4.78, 5) is 23.0. The van der Waals surface area contributed by atoms with Crippen LogP contribution in [0.5, 0.6) is 0 Å². The lowest BCUT2D eigenvalue weighted by atomic mass is 10.0. The molecule has 1 aromatic carbocycles. The van der Waals surface area contributed by atoms with Crippen LogP contribution in [0.25, 0.3) is 0 Å². The van der Waals surface area contributed by atoms with E-state index in [1.807, 2.05) is 0 Å². The van der Waals surface area contributed by atoms with Crippen LogP contribution in [0.15, 0.2) is 34.5 Å². The molecular weight excluding hydrogens is 280 g/mol. The van der Waals surface area contributed by atoms with Crippen molar-refractivity contribution in [2.24, 2.45) is 16.1 Å². The van der Waals surface area contributed by atoms with Crippen molar-refractivity contribution in [2.45, 2.75) is 13.3 Å². The lowest BCUT2D eigenvalue weighted by Gasteiger charge is -2.05. The standard InChI is InChI=1S/C13H13ClN4O2/c1-8-11(13(20)18-16-8)6-12(19)17-15-7-9-2-4-10(14)5-3-9/h2-5,7,11H,6H2,1H3,(H,17,19)(H,18,20)/b15-7-/t11-/m0/s1. The van der Waals surface area contributed by atoms with Crippen LogP contribution < -0.4 is 10.9 Å². The van der Waals surface area contributed by atoms with E-state index in [1.54, 1.807) is 31.2 Å². The summed E-state index contributed by atoms with van der Waals surface area (Å²) in [5.74, 6) is -1.12. The average Bonchev–Trinajstić information content (AvgIpc) is 2.73. The van der Waals surface area contributed by atoms with Gasteiger partial charge < -0.3 is 0 Å². The Bertz CT molecular complexity index is 581. The maximum Gasteiger partial charge on any atom is 0.249 e. The zero-order valence-corrected chi connectivity index (χ0v) is 11.5. The van der Waals surface area contributed by atoms with Gasteiger partial charge in [0.15, 0.2) is 0 Å². The summed E-state index contributed by atoms with van der Waals surface area (Å²) in [6, 6.07) is 7.01. The fourth-order valence-electron chi connectivity index (χ4n) is 1.69. The Morgan fingerprint density at radius 1 is 1.50 bits per heavy atom. The molecule has 1 aliphatic rings. The molecule has 0 fully saturated rings. The highest BCUT2D eigenvalue weighted by Gasteiger charge is 2.28. The third-order valence-corrected chi connectivity index (χ3v) is 3.08. The quantitative estimate of drug-likeness (QED) is 0.648. The van der Waals surface area contributed by atoms with E-state index in [2.05, 4.69) is 21.1 Å². The number of rotatable bonds is 4. The number of amides is 2. The van der Waals surface area contributed by atoms with Gasteiger partial charge in [0.1, 0.15) is 0 Å². The highest BCUT2D eigenvalue weighted by atomic mass is 35.5. The molecule has 2 rings (SSSR count). The lowest BCUT2D eigenvalue weighted by Crippen LogP contribution is -2.29. The fraction of sp³-hybridized carbons (Fsp3) is 0.231. The summed E-state index contributed by atoms with van der Waals surface area (Å²) in [6.45, 7) is 1.70. The maximum atomic E-state index is 11.7. The summed E-state index contributed by atoms with van der Waals surface area (Å²) in [6.07, 6.45) is 1.53. The number of nitrogens with one attached hydrogen (secondary N) is 2. The lowest BCUT2D eigenvalue weighted by molar-refractivity contribution is -0.127. The van der Waals surface area contributed by atoms with Crippen molar-refractivity contribution >= 4 is 35.3 Å². The molecule has 0 aromatic heterocycles. The smallest absolute Gasteiger partial charge is 0.249 e. The summed E-state index contributed by atoms with van der Waals surface area (Å²) in [5.41, 5.74) is 6.12. The molecule has 20 heavy (non-hydrogen) atoms. The van der Waals surface area contributed by atoms with E-state index in [0.717, 1.165) is 5.56 Å². The van der Waals surface area contributed by atoms with Crippen LogP contribution in [0.1, 0.15) is 18.9 Å². The zero-order chi connectivity index (χ0) is 14.5. The molecule has 1 aromatic rings. The van der Waals surface area contributed by atoms with Crippen molar-refractivity contribution in [3.63, 3.8) is 0 Å². The Balaban J connectivity index is 1.85. The Hall–Kier alpha value is -2.21. The van der Waals surface area contributed by atoms with E-state index in [4.69, 9.17) is 11.6 Å². The van der Waals surface area contributed by atoms with Crippen LogP contribution in [0.4, 0.5) is 0 Å². The van der Waals surface area contributed by atoms with Gasteiger partial charge in [-0.25, -0.2) is 10.9 Å². The van der Waals surface area contributed by atoms with E-state index < -0.39 is 5.92 Å². The first-order valence-electron chi connectivity index (χ1n) is 5.98. The SMILES string of the molecule is CC1=NNC(=O)[C@H]1CC(=O)N/N=C\c1ccc(Cl)cc1. The molecular formula is C13H13ClN4O2. The topological polar surface area (TPSA) is 82.9 Å². The third kappa shape index (κ3) is 3.64. The van der Waals surface area contributed by atoms with E-state index in [0.29, 0.717) is 10.7 Å². The minimum absolute atomic E-state index is 0.0269. The maximum absolute atomic E-state index is 11.7. The fourth-order valence-corrected chi connectivity index (χ4v) is 1.81. The predicted octanol–water partition coefficient (Wildman–Crippen LogP) is 1.30. The Kier molecular flexibility index (Phi) is 4.47. The number of nitrogens with zero attached hydrogens (tertiary/aromatic N) is 2. The van der Waals surface area contributed by atoms with E-state index in [9.17, 15) is 9.59 Å². The van der Waals surface area contributed by atoms with Crippen LogP contribution in [0.3, 0.4) is 0 Å². The average molecular weight is 293 g/mol. The first-order chi connectivity index (χ1) is 9.56. The van der Waals surface area contributed by atoms with Crippen LogP contribution in [-0.2, 0) is 9.59 Å². The van der Waals surface area contributed by atoms with Crippen molar-refractivity contribution in [3.05, 3.63) is 34.9 Å². The molecule has 1 aliphatic heterocycles. The molecule has 0 saturated carbocycles. The zero-order valence-electron chi connectivity index (χ0n) is 10.8. The van der Waals surface area contributed by atoms with Crippen LogP contribution in [-0.4, -0.2) is 23.7 Å². The molecule has 6 nitrogen and oxygen atoms in total. The van der Waals surface area contributed by atoms with Gasteiger partial charge in [-0.3, -0.25) is 9.59 Å². The largest absolute Gasteiger partial charge is 0.273 e. The molecule has 1 atom stereocenters. The molecule has 104 valence electrons. The molecule has 0 bridgehead atoms. The molecule has 0 saturated heterocycles. The van der Waals surface area contributed by atoms with Gasteiger partial charge in [-0.1, -0.05) is 23.7 Å². The van der Waals surface area contributed by atoms with E-state index >= 15 is 0 Å². The second-order valence-corrected chi connectivity index (χ2v) is 4.77. The van der Waals surface area contributed by atoms with Crippen LogP contribution in [0, 0.1) is 5.92 Å². The molecule has 0 spiro atoms. The second kappa shape index (κ2) is 6.29. The van der Waals surface area contributed by atoms with Crippen LogP contribution in [0.2, 0.25) is 5.02 Å². The Morgan fingerprint density at radius 2 is 2.20 bits per heavy atom. The summed E-state index contributed by atoms with van der Waals surface area (Å²) in [7, 11) is 0. The van der Waals surface area contributed by atoms with Gasteiger partial charge in [-0.2, -0.15) is 10.2 Å². The van der Waals surface area contributed by atoms with Gasteiger partial charge in [0.05, 0.1) is 12.1 Å². The molecule has 0 aliphatic carbocycles. The Morgan fingerprint density at radius 3 is 2.80 bits per heavy atom. The first kappa shape index (κ1) is 14.2. The van der Waals surface area contributed by atoms with E-state index in [-0.39, 0.29) is 18.2 Å². The van der Waals surface area contributed by atoms with Gasteiger partial charge in [0.25, 0.3) is 0 Å². The number of benzene rings is 1. The molecule has 2 N–H and O–H groups in total. The van der Waals surface area contributed by atoms with Gasteiger partial charge in [-0.15, -0.1) is 0 Å². The molecule has 7 heteroatoms. The van der Waals surface area contributed by atoms with Crippen molar-refractivity contribution in [1.29, 1.82) is 0 Å². The molecule has 1 heterocycles. The summed E-state index contributed by atoms with van der Waals surface area (Å²) < 4.78 is 0. The number of carbonyl (C=O) groups excluding carboxylic acids is 2. The van der Waals surface area contributed by atoms with Gasteiger partial charge in [0.2, 0.25) is 11.8 Å². The van der Waals surface area contributed by atoms with Crippen molar-refractivity contribution in [1.82, 2.24) is 10.9 Å². The number of hydrogen-bond donors (Lipinski definition) is 2. The predicted molar refractivity (Wildman–Crippen MR) is 76.5 cm³/mol. The van der Waals surface area contributed by atoms with Gasteiger partial charge in [0, 0.05) is 17.2 Å². The number of hydrogen-bond acceptors (Lipinski definition) is 4. The minimum atomic E-state index is -0.513.